The molecule has 0 radical (unpaired) electrons. The molecule has 2 aromatic heterocycles. The van der Waals surface area contributed by atoms with E-state index in [0.29, 0.717) is 17.4 Å². The number of carbonyl (C=O) groups excluding carboxylic acids is 3. The monoisotopic (exact) mass is 505 g/mol. The van der Waals surface area contributed by atoms with Gasteiger partial charge in [0.15, 0.2) is 0 Å². The van der Waals surface area contributed by atoms with Crippen molar-refractivity contribution in [2.24, 2.45) is 0 Å². The maximum atomic E-state index is 13.1. The molecule has 194 valence electrons. The third-order valence-corrected chi connectivity index (χ3v) is 6.26. The van der Waals surface area contributed by atoms with Gasteiger partial charge in [-0.05, 0) is 53.9 Å². The van der Waals surface area contributed by atoms with Crippen molar-refractivity contribution in [3.05, 3.63) is 59.9 Å². The third-order valence-electron chi connectivity index (χ3n) is 6.26. The van der Waals surface area contributed by atoms with Crippen LogP contribution in [0, 0.1) is 0 Å². The summed E-state index contributed by atoms with van der Waals surface area (Å²) in [4.78, 5) is 44.3. The number of phenols is 2. The van der Waals surface area contributed by atoms with Gasteiger partial charge < -0.3 is 25.5 Å². The van der Waals surface area contributed by atoms with Crippen molar-refractivity contribution in [2.75, 3.05) is 0 Å². The summed E-state index contributed by atoms with van der Waals surface area (Å²) in [5, 5.41) is 23.9. The number of carbonyl (C=O) groups is 3. The molecule has 0 aliphatic carbocycles. The van der Waals surface area contributed by atoms with Crippen LogP contribution in [0.15, 0.2) is 48.8 Å². The van der Waals surface area contributed by atoms with Crippen LogP contribution in [0.25, 0.3) is 21.8 Å². The molecule has 4 aromatic rings. The Balaban J connectivity index is 1.49. The van der Waals surface area contributed by atoms with Gasteiger partial charge in [0.2, 0.25) is 11.8 Å². The van der Waals surface area contributed by atoms with E-state index in [1.54, 1.807) is 48.8 Å². The Morgan fingerprint density at radius 2 is 1.46 bits per heavy atom. The minimum absolute atomic E-state index is 0.0225. The average Bonchev–Trinajstić information content (AvgIpc) is 3.45. The van der Waals surface area contributed by atoms with Crippen molar-refractivity contribution < 1.29 is 24.6 Å². The Kier molecular flexibility index (Phi) is 7.97. The number of hydrogen-bond donors (Lipinski definition) is 7. The largest absolute Gasteiger partial charge is 0.508 e. The number of aromatic nitrogens is 2. The van der Waals surface area contributed by atoms with Crippen molar-refractivity contribution in [2.45, 2.75) is 51.5 Å². The number of nitrogens with one attached hydrogen (secondary N) is 5. The van der Waals surface area contributed by atoms with Gasteiger partial charge in [0.25, 0.3) is 5.91 Å². The highest BCUT2D eigenvalue weighted by Gasteiger charge is 2.24. The zero-order valence-electron chi connectivity index (χ0n) is 20.6. The van der Waals surface area contributed by atoms with Gasteiger partial charge in [0.05, 0.1) is 6.42 Å². The molecule has 4 rings (SSSR count). The van der Waals surface area contributed by atoms with Crippen LogP contribution in [0.2, 0.25) is 0 Å². The van der Waals surface area contributed by atoms with Crippen LogP contribution >= 0.6 is 0 Å². The van der Waals surface area contributed by atoms with Crippen LogP contribution in [0.4, 0.5) is 0 Å². The predicted molar refractivity (Wildman–Crippen MR) is 140 cm³/mol. The Morgan fingerprint density at radius 3 is 2.11 bits per heavy atom. The lowest BCUT2D eigenvalue weighted by atomic mass is 10.0. The first-order valence-electron chi connectivity index (χ1n) is 12.3. The molecule has 0 aliphatic heterocycles. The van der Waals surface area contributed by atoms with Gasteiger partial charge in [-0.2, -0.15) is 0 Å². The first-order chi connectivity index (χ1) is 17.8. The smallest absolute Gasteiger partial charge is 0.261 e. The molecule has 1 atom stereocenters. The van der Waals surface area contributed by atoms with Gasteiger partial charge in [0.1, 0.15) is 17.5 Å². The summed E-state index contributed by atoms with van der Waals surface area (Å²) in [7, 11) is 0. The molecule has 2 heterocycles. The maximum Gasteiger partial charge on any atom is 0.261 e. The molecular weight excluding hydrogens is 474 g/mol. The predicted octanol–water partition coefficient (Wildman–Crippen LogP) is 3.06. The van der Waals surface area contributed by atoms with Gasteiger partial charge in [-0.25, -0.2) is 0 Å². The van der Waals surface area contributed by atoms with E-state index in [-0.39, 0.29) is 30.2 Å². The van der Waals surface area contributed by atoms with E-state index in [1.807, 2.05) is 6.92 Å². The molecule has 10 nitrogen and oxygen atoms in total. The third kappa shape index (κ3) is 6.40. The van der Waals surface area contributed by atoms with E-state index >= 15 is 0 Å². The lowest BCUT2D eigenvalue weighted by Gasteiger charge is -2.19. The first-order valence-corrected chi connectivity index (χ1v) is 12.3. The minimum Gasteiger partial charge on any atom is -0.508 e. The summed E-state index contributed by atoms with van der Waals surface area (Å²) in [6.45, 7) is 2.04. The molecule has 10 heteroatoms. The summed E-state index contributed by atoms with van der Waals surface area (Å²) in [6.07, 6.45) is 6.42. The molecule has 0 bridgehead atoms. The first kappa shape index (κ1) is 25.6. The van der Waals surface area contributed by atoms with Crippen LogP contribution in [-0.4, -0.2) is 43.9 Å². The second-order valence-electron chi connectivity index (χ2n) is 9.08. The van der Waals surface area contributed by atoms with E-state index < -0.39 is 17.9 Å². The van der Waals surface area contributed by atoms with Crippen molar-refractivity contribution in [3.8, 4) is 11.5 Å². The molecule has 1 unspecified atom stereocenters. The van der Waals surface area contributed by atoms with E-state index in [2.05, 4.69) is 26.1 Å². The number of rotatable bonds is 10. The second kappa shape index (κ2) is 11.5. The standard InChI is InChI=1S/C27H31N5O5/c1-2-3-4-5-25(35)31-32-27(37)24(10-16-14-28-22-8-6-18(33)12-20(16)22)30-26(36)11-17-15-29-23-9-7-19(34)13-21(17)23/h6-9,12-15,24,28-29,33-34H,2-5,10-11H2,1H3,(H,30,36)(H,31,35)(H,32,37). The molecule has 0 saturated carbocycles. The fourth-order valence-electron chi connectivity index (χ4n) is 4.31. The highest BCUT2D eigenvalue weighted by molar-refractivity contribution is 5.93. The van der Waals surface area contributed by atoms with Gasteiger partial charge in [-0.15, -0.1) is 0 Å². The van der Waals surface area contributed by atoms with Crippen LogP contribution < -0.4 is 16.2 Å². The summed E-state index contributed by atoms with van der Waals surface area (Å²) < 4.78 is 0. The molecule has 7 N–H and O–H groups in total. The number of aromatic amines is 2. The maximum absolute atomic E-state index is 13.1. The van der Waals surface area contributed by atoms with Crippen LogP contribution in [0.5, 0.6) is 11.5 Å². The summed E-state index contributed by atoms with van der Waals surface area (Å²) in [5.74, 6) is -1.10. The van der Waals surface area contributed by atoms with Gasteiger partial charge in [0, 0.05) is 47.0 Å². The highest BCUT2D eigenvalue weighted by Crippen LogP contribution is 2.25. The Morgan fingerprint density at radius 1 is 0.838 bits per heavy atom. The van der Waals surface area contributed by atoms with Gasteiger partial charge in [-0.3, -0.25) is 25.2 Å². The Labute approximate surface area is 213 Å². The Bertz CT molecular complexity index is 1420. The van der Waals surface area contributed by atoms with Crippen molar-refractivity contribution in [1.82, 2.24) is 26.1 Å². The van der Waals surface area contributed by atoms with Gasteiger partial charge in [-0.1, -0.05) is 19.8 Å². The van der Waals surface area contributed by atoms with E-state index in [9.17, 15) is 24.6 Å². The quantitative estimate of drug-likeness (QED) is 0.130. The molecule has 0 fully saturated rings. The zero-order chi connectivity index (χ0) is 26.4. The average molecular weight is 506 g/mol. The molecule has 0 saturated heterocycles. The lowest BCUT2D eigenvalue weighted by molar-refractivity contribution is -0.132. The molecule has 2 aromatic carbocycles. The van der Waals surface area contributed by atoms with Crippen molar-refractivity contribution in [3.63, 3.8) is 0 Å². The fraction of sp³-hybridized carbons (Fsp3) is 0.296. The van der Waals surface area contributed by atoms with Crippen LogP contribution in [0.1, 0.15) is 43.7 Å². The molecule has 0 spiro atoms. The Hall–Kier alpha value is -4.47. The number of unbranched alkanes of at least 4 members (excludes halogenated alkanes) is 2. The molecular formula is C27H31N5O5. The fourth-order valence-corrected chi connectivity index (χ4v) is 4.31. The number of aromatic hydroxyl groups is 2. The second-order valence-corrected chi connectivity index (χ2v) is 9.08. The van der Waals surface area contributed by atoms with Crippen LogP contribution in [-0.2, 0) is 27.2 Å². The summed E-state index contributed by atoms with van der Waals surface area (Å²) in [6, 6.07) is 8.73. The highest BCUT2D eigenvalue weighted by atomic mass is 16.3. The van der Waals surface area contributed by atoms with Crippen molar-refractivity contribution >= 4 is 39.5 Å². The number of hydrogen-bond acceptors (Lipinski definition) is 5. The number of hydrazine groups is 1. The van der Waals surface area contributed by atoms with Crippen LogP contribution in [0.3, 0.4) is 0 Å². The lowest BCUT2D eigenvalue weighted by Crippen LogP contribution is -2.53. The van der Waals surface area contributed by atoms with Crippen molar-refractivity contribution in [1.29, 1.82) is 0 Å². The summed E-state index contributed by atoms with van der Waals surface area (Å²) in [5.41, 5.74) is 7.80. The number of benzene rings is 2. The molecule has 37 heavy (non-hydrogen) atoms. The number of H-pyrrole nitrogens is 2. The van der Waals surface area contributed by atoms with Gasteiger partial charge >= 0.3 is 0 Å². The van der Waals surface area contributed by atoms with E-state index in [1.165, 1.54) is 0 Å². The topological polar surface area (TPSA) is 159 Å². The summed E-state index contributed by atoms with van der Waals surface area (Å²) >= 11 is 0. The number of amides is 3. The minimum atomic E-state index is -0.997. The zero-order valence-corrected chi connectivity index (χ0v) is 20.6. The number of fused-ring (bicyclic) bond motifs is 2. The normalized spacial score (nSPS) is 11.9. The molecule has 0 aliphatic rings. The SMILES string of the molecule is CCCCCC(=O)NNC(=O)C(Cc1c[nH]c2ccc(O)cc12)NC(=O)Cc1c[nH]c2ccc(O)cc12. The number of phenolic OH excluding ortho intramolecular Hbond substituents is 2. The van der Waals surface area contributed by atoms with E-state index in [4.69, 9.17) is 0 Å². The van der Waals surface area contributed by atoms with E-state index in [0.717, 1.165) is 41.2 Å². The molecule has 3 amide bonds.